The van der Waals surface area contributed by atoms with Crippen LogP contribution < -0.4 is 9.47 Å². The third-order valence-corrected chi connectivity index (χ3v) is 6.03. The molecule has 3 aromatic rings. The number of aryl methyl sites for hydroxylation is 2. The van der Waals surface area contributed by atoms with E-state index < -0.39 is 23.7 Å². The molecule has 4 nitrogen and oxygen atoms in total. The number of hydrogen-bond donors (Lipinski definition) is 0. The van der Waals surface area contributed by atoms with Gasteiger partial charge in [-0.1, -0.05) is 43.3 Å². The van der Waals surface area contributed by atoms with E-state index in [9.17, 15) is 22.4 Å². The molecule has 204 valence electrons. The first-order valence-corrected chi connectivity index (χ1v) is 12.6. The maximum absolute atomic E-state index is 14.9. The van der Waals surface area contributed by atoms with Gasteiger partial charge < -0.3 is 14.2 Å². The van der Waals surface area contributed by atoms with E-state index in [4.69, 9.17) is 14.2 Å². The Kier molecular flexibility index (Phi) is 10.2. The van der Waals surface area contributed by atoms with Gasteiger partial charge in [-0.3, -0.25) is 4.79 Å². The molecule has 8 heteroatoms. The van der Waals surface area contributed by atoms with Crippen LogP contribution in [0.3, 0.4) is 0 Å². The normalized spacial score (nSPS) is 12.2. The molecule has 0 aliphatic carbocycles. The second-order valence-electron chi connectivity index (χ2n) is 8.85. The number of carbonyl (C=O) groups excluding carboxylic acids is 1. The van der Waals surface area contributed by atoms with Gasteiger partial charge in [0, 0.05) is 18.4 Å². The fraction of sp³-hybridized carbons (Fsp3) is 0.367. The van der Waals surface area contributed by atoms with Gasteiger partial charge in [-0.15, -0.1) is 0 Å². The van der Waals surface area contributed by atoms with Crippen molar-refractivity contribution < 1.29 is 36.6 Å². The molecular formula is C30H32F4O4. The number of hydrogen-bond acceptors (Lipinski definition) is 4. The zero-order valence-electron chi connectivity index (χ0n) is 21.7. The average molecular weight is 533 g/mol. The fourth-order valence-corrected chi connectivity index (χ4v) is 4.05. The maximum Gasteiger partial charge on any atom is 0.416 e. The number of rotatable bonds is 12. The summed E-state index contributed by atoms with van der Waals surface area (Å²) in [7, 11) is 0. The lowest BCUT2D eigenvalue weighted by molar-refractivity contribution is -0.143. The summed E-state index contributed by atoms with van der Waals surface area (Å²) < 4.78 is 71.5. The third-order valence-electron chi connectivity index (χ3n) is 6.03. The first-order valence-electron chi connectivity index (χ1n) is 12.6. The van der Waals surface area contributed by atoms with Crippen LogP contribution in [0.15, 0.2) is 60.7 Å². The summed E-state index contributed by atoms with van der Waals surface area (Å²) in [5, 5.41) is 0. The molecule has 0 fully saturated rings. The molecule has 0 saturated carbocycles. The number of carbonyl (C=O) groups is 1. The summed E-state index contributed by atoms with van der Waals surface area (Å²) in [5.41, 5.74) is 1.50. The van der Waals surface area contributed by atoms with Gasteiger partial charge in [0.1, 0.15) is 5.75 Å². The van der Waals surface area contributed by atoms with E-state index in [1.807, 2.05) is 25.1 Å². The highest BCUT2D eigenvalue weighted by Gasteiger charge is 2.33. The second-order valence-corrected chi connectivity index (χ2v) is 8.85. The molecule has 1 atom stereocenters. The predicted octanol–water partition coefficient (Wildman–Crippen LogP) is 7.81. The highest BCUT2D eigenvalue weighted by Crippen LogP contribution is 2.39. The zero-order chi connectivity index (χ0) is 27.7. The summed E-state index contributed by atoms with van der Waals surface area (Å²) in [6.07, 6.45) is -3.19. The van der Waals surface area contributed by atoms with Gasteiger partial charge in [0.05, 0.1) is 24.9 Å². The molecule has 0 N–H and O–H groups in total. The molecule has 38 heavy (non-hydrogen) atoms. The van der Waals surface area contributed by atoms with E-state index in [2.05, 4.69) is 0 Å². The van der Waals surface area contributed by atoms with Crippen LogP contribution in [0.1, 0.15) is 50.3 Å². The molecule has 0 aromatic heterocycles. The van der Waals surface area contributed by atoms with Crippen LogP contribution >= 0.6 is 0 Å². The minimum Gasteiger partial charge on any atom is -0.493 e. The fourth-order valence-electron chi connectivity index (χ4n) is 4.05. The Hall–Kier alpha value is -3.55. The van der Waals surface area contributed by atoms with Gasteiger partial charge in [0.2, 0.25) is 0 Å². The van der Waals surface area contributed by atoms with Crippen molar-refractivity contribution in [2.24, 2.45) is 0 Å². The van der Waals surface area contributed by atoms with Crippen LogP contribution in [0.4, 0.5) is 17.6 Å². The van der Waals surface area contributed by atoms with Crippen molar-refractivity contribution in [3.63, 3.8) is 0 Å². The van der Waals surface area contributed by atoms with Crippen LogP contribution in [0.2, 0.25) is 0 Å². The van der Waals surface area contributed by atoms with E-state index in [0.717, 1.165) is 23.6 Å². The Morgan fingerprint density at radius 2 is 1.71 bits per heavy atom. The van der Waals surface area contributed by atoms with E-state index in [1.165, 1.54) is 0 Å². The average Bonchev–Trinajstić information content (AvgIpc) is 2.88. The van der Waals surface area contributed by atoms with Crippen molar-refractivity contribution in [2.75, 3.05) is 13.2 Å². The molecule has 0 bridgehead atoms. The Labute approximate surface area is 220 Å². The van der Waals surface area contributed by atoms with E-state index in [0.29, 0.717) is 43.2 Å². The summed E-state index contributed by atoms with van der Waals surface area (Å²) in [6, 6.07) is 15.3. The highest BCUT2D eigenvalue weighted by molar-refractivity contribution is 5.72. The smallest absolute Gasteiger partial charge is 0.416 e. The van der Waals surface area contributed by atoms with Crippen LogP contribution in [-0.4, -0.2) is 25.3 Å². The predicted molar refractivity (Wildman–Crippen MR) is 138 cm³/mol. The monoisotopic (exact) mass is 532 g/mol. The van der Waals surface area contributed by atoms with Crippen LogP contribution in [0.5, 0.6) is 11.5 Å². The van der Waals surface area contributed by atoms with Gasteiger partial charge in [0.25, 0.3) is 0 Å². The maximum atomic E-state index is 14.9. The molecule has 0 unspecified atom stereocenters. The van der Waals surface area contributed by atoms with Crippen molar-refractivity contribution in [1.82, 2.24) is 0 Å². The van der Waals surface area contributed by atoms with Gasteiger partial charge in [-0.25, -0.2) is 4.39 Å². The molecule has 0 radical (unpaired) electrons. The van der Waals surface area contributed by atoms with Crippen LogP contribution in [0, 0.1) is 5.82 Å². The lowest BCUT2D eigenvalue weighted by Gasteiger charge is -2.20. The number of benzene rings is 3. The topological polar surface area (TPSA) is 44.8 Å². The molecule has 0 saturated heterocycles. The number of halogens is 4. The van der Waals surface area contributed by atoms with Crippen molar-refractivity contribution in [3.8, 4) is 22.6 Å². The van der Waals surface area contributed by atoms with Crippen molar-refractivity contribution in [3.05, 3.63) is 83.2 Å². The van der Waals surface area contributed by atoms with E-state index in [-0.39, 0.29) is 23.9 Å². The zero-order valence-corrected chi connectivity index (χ0v) is 21.7. The quantitative estimate of drug-likeness (QED) is 0.176. The first-order chi connectivity index (χ1) is 18.1. The van der Waals surface area contributed by atoms with Gasteiger partial charge in [0.15, 0.2) is 11.6 Å². The van der Waals surface area contributed by atoms with Gasteiger partial charge in [-0.2, -0.15) is 13.2 Å². The van der Waals surface area contributed by atoms with Crippen molar-refractivity contribution in [1.29, 1.82) is 0 Å². The first kappa shape index (κ1) is 29.0. The lowest BCUT2D eigenvalue weighted by Crippen LogP contribution is -2.17. The Bertz CT molecular complexity index is 1210. The van der Waals surface area contributed by atoms with Crippen LogP contribution in [-0.2, 0) is 28.5 Å². The highest BCUT2D eigenvalue weighted by atomic mass is 19.4. The SMILES string of the molecule is CCOC(=O)CCc1ccc(OCC[C@H](C)Oc2c(F)cc(C(F)(F)F)cc2-c2ccccc2)cc1CC. The molecule has 3 rings (SSSR count). The number of alkyl halides is 3. The molecule has 0 spiro atoms. The minimum absolute atomic E-state index is 0.0386. The van der Waals surface area contributed by atoms with E-state index >= 15 is 0 Å². The Morgan fingerprint density at radius 1 is 0.974 bits per heavy atom. The molecule has 0 aliphatic rings. The van der Waals surface area contributed by atoms with E-state index in [1.54, 1.807) is 44.2 Å². The Morgan fingerprint density at radius 3 is 2.37 bits per heavy atom. The standard InChI is InChI=1S/C30H32F4O4/c1-4-21-17-25(13-11-22(21)12-14-28(35)36-5-2)37-16-15-20(3)38-29-26(23-9-7-6-8-10-23)18-24(19-27(29)31)30(32,33)34/h6-11,13,17-20H,4-5,12,14-16H2,1-3H3/t20-/m0/s1. The molecule has 0 aliphatic heterocycles. The molecule has 0 amide bonds. The minimum atomic E-state index is -4.69. The third kappa shape index (κ3) is 7.97. The molecular weight excluding hydrogens is 500 g/mol. The summed E-state index contributed by atoms with van der Waals surface area (Å²) in [5.74, 6) is -0.878. The van der Waals surface area contributed by atoms with Crippen molar-refractivity contribution in [2.45, 2.75) is 58.7 Å². The second kappa shape index (κ2) is 13.3. The Balaban J connectivity index is 1.66. The lowest BCUT2D eigenvalue weighted by atomic mass is 10.0. The number of ether oxygens (including phenoxy) is 3. The summed E-state index contributed by atoms with van der Waals surface area (Å²) in [6.45, 7) is 6.12. The van der Waals surface area contributed by atoms with Crippen molar-refractivity contribution >= 4 is 5.97 Å². The largest absolute Gasteiger partial charge is 0.493 e. The van der Waals surface area contributed by atoms with Gasteiger partial charge in [-0.05, 0) is 67.6 Å². The number of esters is 1. The molecule has 0 heterocycles. The van der Waals surface area contributed by atoms with Crippen LogP contribution in [0.25, 0.3) is 11.1 Å². The summed E-state index contributed by atoms with van der Waals surface area (Å²) in [4.78, 5) is 11.7. The molecule has 3 aromatic carbocycles. The van der Waals surface area contributed by atoms with Gasteiger partial charge >= 0.3 is 12.1 Å². The summed E-state index contributed by atoms with van der Waals surface area (Å²) >= 11 is 0.